The Bertz CT molecular complexity index is 708. The fourth-order valence-electron chi connectivity index (χ4n) is 3.30. The summed E-state index contributed by atoms with van der Waals surface area (Å²) in [7, 11) is 0. The summed E-state index contributed by atoms with van der Waals surface area (Å²) in [6.45, 7) is 1.94. The van der Waals surface area contributed by atoms with Crippen LogP contribution in [0.25, 0.3) is 0 Å². The zero-order valence-corrected chi connectivity index (χ0v) is 14.7. The zero-order chi connectivity index (χ0) is 18.6. The Balaban J connectivity index is 1.46. The molecule has 1 saturated carbocycles. The molecule has 0 saturated heterocycles. The lowest BCUT2D eigenvalue weighted by Crippen LogP contribution is -2.31. The van der Waals surface area contributed by atoms with Crippen molar-refractivity contribution < 1.29 is 17.9 Å². The smallest absolute Gasteiger partial charge is 0.393 e. The summed E-state index contributed by atoms with van der Waals surface area (Å²) in [5, 5.41) is 3.42. The summed E-state index contributed by atoms with van der Waals surface area (Å²) in [5.74, 6) is 0.856. The Morgan fingerprint density at radius 3 is 2.38 bits per heavy atom. The number of aryl methyl sites for hydroxylation is 1. The Kier molecular flexibility index (Phi) is 5.69. The molecule has 0 atom stereocenters. The van der Waals surface area contributed by atoms with Gasteiger partial charge in [-0.3, -0.25) is 4.98 Å². The van der Waals surface area contributed by atoms with Gasteiger partial charge in [0, 0.05) is 29.7 Å². The standard InChI is InChI=1S/C20H23F3N2O/c1-14-12-19(10-11-24-14)26-18-8-6-17(7-9-18)25-16-4-2-15(3-5-16)13-20(21,22)23/h2-5,10-12,17-18,25H,6-9,13H2,1H3. The molecule has 1 aromatic heterocycles. The number of rotatable bonds is 5. The maximum Gasteiger partial charge on any atom is 0.393 e. The number of ether oxygens (including phenoxy) is 1. The van der Waals surface area contributed by atoms with E-state index in [9.17, 15) is 13.2 Å². The van der Waals surface area contributed by atoms with Crippen molar-refractivity contribution in [1.29, 1.82) is 0 Å². The van der Waals surface area contributed by atoms with Gasteiger partial charge in [0.2, 0.25) is 0 Å². The van der Waals surface area contributed by atoms with E-state index in [4.69, 9.17) is 4.74 Å². The molecule has 3 rings (SSSR count). The van der Waals surface area contributed by atoms with Crippen LogP contribution in [0.2, 0.25) is 0 Å². The fourth-order valence-corrected chi connectivity index (χ4v) is 3.30. The normalized spacial score (nSPS) is 20.6. The van der Waals surface area contributed by atoms with Gasteiger partial charge in [-0.15, -0.1) is 0 Å². The Morgan fingerprint density at radius 2 is 1.77 bits per heavy atom. The number of nitrogens with one attached hydrogen (secondary N) is 1. The molecule has 1 aromatic carbocycles. The molecule has 3 nitrogen and oxygen atoms in total. The van der Waals surface area contributed by atoms with Gasteiger partial charge < -0.3 is 10.1 Å². The number of nitrogens with zero attached hydrogens (tertiary/aromatic N) is 1. The molecule has 0 bridgehead atoms. The quantitative estimate of drug-likeness (QED) is 0.782. The van der Waals surface area contributed by atoms with Crippen LogP contribution in [0.15, 0.2) is 42.6 Å². The lowest BCUT2D eigenvalue weighted by molar-refractivity contribution is -0.127. The first-order chi connectivity index (χ1) is 12.4. The third-order valence-corrected chi connectivity index (χ3v) is 4.57. The van der Waals surface area contributed by atoms with Gasteiger partial charge in [-0.05, 0) is 56.4 Å². The average Bonchev–Trinajstić information content (AvgIpc) is 2.57. The van der Waals surface area contributed by atoms with Crippen LogP contribution in [0.4, 0.5) is 18.9 Å². The van der Waals surface area contributed by atoms with Gasteiger partial charge >= 0.3 is 6.18 Å². The van der Waals surface area contributed by atoms with Gasteiger partial charge in [0.05, 0.1) is 12.5 Å². The molecule has 140 valence electrons. The SMILES string of the molecule is Cc1cc(OC2CCC(Nc3ccc(CC(F)(F)F)cc3)CC2)ccn1. The predicted octanol–water partition coefficient (Wildman–Crippen LogP) is 5.30. The average molecular weight is 364 g/mol. The minimum absolute atomic E-state index is 0.198. The Labute approximate surface area is 151 Å². The van der Waals surface area contributed by atoms with E-state index in [2.05, 4.69) is 10.3 Å². The molecule has 1 fully saturated rings. The molecular weight excluding hydrogens is 341 g/mol. The second-order valence-corrected chi connectivity index (χ2v) is 6.86. The second kappa shape index (κ2) is 7.98. The summed E-state index contributed by atoms with van der Waals surface area (Å²) in [6, 6.07) is 10.7. The fraction of sp³-hybridized carbons (Fsp3) is 0.450. The number of halogens is 3. The molecule has 6 heteroatoms. The third kappa shape index (κ3) is 5.64. The molecule has 0 aliphatic heterocycles. The number of aromatic nitrogens is 1. The summed E-state index contributed by atoms with van der Waals surface area (Å²) < 4.78 is 43.2. The third-order valence-electron chi connectivity index (χ3n) is 4.57. The number of hydrogen-bond acceptors (Lipinski definition) is 3. The van der Waals surface area contributed by atoms with E-state index in [-0.39, 0.29) is 11.7 Å². The van der Waals surface area contributed by atoms with Crippen LogP contribution in [0, 0.1) is 6.92 Å². The van der Waals surface area contributed by atoms with Crippen LogP contribution in [0.1, 0.15) is 36.9 Å². The summed E-state index contributed by atoms with van der Waals surface area (Å²) in [6.07, 6.45) is 0.739. The first kappa shape index (κ1) is 18.5. The van der Waals surface area contributed by atoms with E-state index < -0.39 is 12.6 Å². The number of hydrogen-bond donors (Lipinski definition) is 1. The maximum absolute atomic E-state index is 12.4. The van der Waals surface area contributed by atoms with Gasteiger partial charge in [-0.25, -0.2) is 0 Å². The van der Waals surface area contributed by atoms with E-state index in [1.54, 1.807) is 18.3 Å². The Morgan fingerprint density at radius 1 is 1.08 bits per heavy atom. The highest BCUT2D eigenvalue weighted by Crippen LogP contribution is 2.27. The lowest BCUT2D eigenvalue weighted by Gasteiger charge is -2.30. The van der Waals surface area contributed by atoms with Crippen molar-refractivity contribution in [2.75, 3.05) is 5.32 Å². The largest absolute Gasteiger partial charge is 0.490 e. The molecule has 0 radical (unpaired) electrons. The van der Waals surface area contributed by atoms with E-state index in [1.807, 2.05) is 19.1 Å². The molecule has 1 aliphatic carbocycles. The van der Waals surface area contributed by atoms with Crippen molar-refractivity contribution in [2.24, 2.45) is 0 Å². The zero-order valence-electron chi connectivity index (χ0n) is 14.7. The Hall–Kier alpha value is -2.24. The number of anilines is 1. The summed E-state index contributed by atoms with van der Waals surface area (Å²) >= 11 is 0. The molecule has 1 N–H and O–H groups in total. The first-order valence-electron chi connectivity index (χ1n) is 8.89. The van der Waals surface area contributed by atoms with Gasteiger partial charge in [0.1, 0.15) is 5.75 Å². The topological polar surface area (TPSA) is 34.1 Å². The van der Waals surface area contributed by atoms with Crippen molar-refractivity contribution in [3.8, 4) is 5.75 Å². The van der Waals surface area contributed by atoms with E-state index in [1.165, 1.54) is 12.1 Å². The molecule has 26 heavy (non-hydrogen) atoms. The minimum Gasteiger partial charge on any atom is -0.490 e. The van der Waals surface area contributed by atoms with Crippen molar-refractivity contribution >= 4 is 5.69 Å². The van der Waals surface area contributed by atoms with Gasteiger partial charge in [-0.2, -0.15) is 13.2 Å². The molecule has 1 aliphatic rings. The van der Waals surface area contributed by atoms with Gasteiger partial charge in [0.15, 0.2) is 0 Å². The van der Waals surface area contributed by atoms with E-state index >= 15 is 0 Å². The van der Waals surface area contributed by atoms with Crippen LogP contribution >= 0.6 is 0 Å². The molecule has 2 aromatic rings. The van der Waals surface area contributed by atoms with E-state index in [0.29, 0.717) is 6.04 Å². The van der Waals surface area contributed by atoms with Crippen LogP contribution in [-0.4, -0.2) is 23.3 Å². The number of pyridine rings is 1. The maximum atomic E-state index is 12.4. The first-order valence-corrected chi connectivity index (χ1v) is 8.89. The van der Waals surface area contributed by atoms with Crippen molar-refractivity contribution in [3.05, 3.63) is 53.9 Å². The van der Waals surface area contributed by atoms with Crippen LogP contribution in [-0.2, 0) is 6.42 Å². The highest BCUT2D eigenvalue weighted by molar-refractivity contribution is 5.45. The van der Waals surface area contributed by atoms with Crippen molar-refractivity contribution in [2.45, 2.75) is 57.3 Å². The lowest BCUT2D eigenvalue weighted by atomic mass is 9.92. The van der Waals surface area contributed by atoms with Crippen LogP contribution in [0.5, 0.6) is 5.75 Å². The highest BCUT2D eigenvalue weighted by atomic mass is 19.4. The second-order valence-electron chi connectivity index (χ2n) is 6.86. The number of benzene rings is 1. The molecule has 0 unspecified atom stereocenters. The van der Waals surface area contributed by atoms with E-state index in [0.717, 1.165) is 42.8 Å². The van der Waals surface area contributed by atoms with Crippen molar-refractivity contribution in [3.63, 3.8) is 0 Å². The molecule has 1 heterocycles. The summed E-state index contributed by atoms with van der Waals surface area (Å²) in [4.78, 5) is 4.17. The molecular formula is C20H23F3N2O. The van der Waals surface area contributed by atoms with Crippen molar-refractivity contribution in [1.82, 2.24) is 4.98 Å². The van der Waals surface area contributed by atoms with Crippen LogP contribution < -0.4 is 10.1 Å². The van der Waals surface area contributed by atoms with Gasteiger partial charge in [0.25, 0.3) is 0 Å². The molecule has 0 amide bonds. The minimum atomic E-state index is -4.17. The number of alkyl halides is 3. The predicted molar refractivity (Wildman–Crippen MR) is 95.5 cm³/mol. The highest BCUT2D eigenvalue weighted by Gasteiger charge is 2.27. The van der Waals surface area contributed by atoms with Gasteiger partial charge in [-0.1, -0.05) is 12.1 Å². The monoisotopic (exact) mass is 364 g/mol. The summed E-state index contributed by atoms with van der Waals surface area (Å²) in [5.41, 5.74) is 2.09. The molecule has 0 spiro atoms. The van der Waals surface area contributed by atoms with Crippen LogP contribution in [0.3, 0.4) is 0 Å².